The lowest BCUT2D eigenvalue weighted by Gasteiger charge is -2.15. The Balaban J connectivity index is 3.19. The Morgan fingerprint density at radius 2 is 1.92 bits per heavy atom. The fraction of sp³-hybridized carbons (Fsp3) is 0.900. The van der Waals surface area contributed by atoms with Gasteiger partial charge in [0.2, 0.25) is 0 Å². The number of carbonyl (C=O) groups excluding carboxylic acids is 1. The number of Topliss-reactive ketones (excluding diaryl/α,β-unsaturated/α-hetero) is 1. The van der Waals surface area contributed by atoms with Crippen LogP contribution in [0.25, 0.3) is 0 Å². The molecule has 0 saturated heterocycles. The fourth-order valence-corrected chi connectivity index (χ4v) is 1.19. The second-order valence-electron chi connectivity index (χ2n) is 3.46. The molecule has 0 saturated carbocycles. The van der Waals surface area contributed by atoms with E-state index < -0.39 is 0 Å². The van der Waals surface area contributed by atoms with Gasteiger partial charge in [0.15, 0.2) is 0 Å². The summed E-state index contributed by atoms with van der Waals surface area (Å²) in [6.45, 7) is 4.51. The quantitative estimate of drug-likeness (QED) is 0.537. The summed E-state index contributed by atoms with van der Waals surface area (Å²) in [5.74, 6) is 0.283. The number of ether oxygens (including phenoxy) is 1. The average molecular weight is 187 g/mol. The van der Waals surface area contributed by atoms with Crippen molar-refractivity contribution >= 4 is 5.78 Å². The van der Waals surface area contributed by atoms with E-state index in [1.807, 2.05) is 0 Å². The summed E-state index contributed by atoms with van der Waals surface area (Å²) in [6, 6.07) is 0. The normalized spacial score (nSPS) is 10.8. The van der Waals surface area contributed by atoms with Gasteiger partial charge in [-0.3, -0.25) is 0 Å². The molecule has 0 N–H and O–H groups in total. The molecule has 0 amide bonds. The number of methoxy groups -OCH3 is 1. The molecule has 0 aromatic carbocycles. The molecule has 3 heteroatoms. The number of ketones is 1. The molecule has 0 rings (SSSR count). The smallest absolute Gasteiger partial charge is 0.129 e. The van der Waals surface area contributed by atoms with Crippen LogP contribution in [-0.2, 0) is 9.53 Å². The molecule has 0 radical (unpaired) electrons. The molecular weight excluding hydrogens is 166 g/mol. The molecule has 0 spiro atoms. The van der Waals surface area contributed by atoms with Crippen molar-refractivity contribution in [1.29, 1.82) is 0 Å². The second-order valence-corrected chi connectivity index (χ2v) is 3.46. The highest BCUT2D eigenvalue weighted by Crippen LogP contribution is 1.95. The molecule has 0 aromatic rings. The SMILES string of the molecule is COCCCN(C)CCCC(C)=O. The van der Waals surface area contributed by atoms with E-state index in [1.165, 1.54) is 0 Å². The average Bonchev–Trinajstić information content (AvgIpc) is 2.04. The number of hydrogen-bond acceptors (Lipinski definition) is 3. The summed E-state index contributed by atoms with van der Waals surface area (Å²) in [5, 5.41) is 0. The highest BCUT2D eigenvalue weighted by atomic mass is 16.5. The Kier molecular flexibility index (Phi) is 7.94. The van der Waals surface area contributed by atoms with E-state index in [0.717, 1.165) is 32.5 Å². The lowest BCUT2D eigenvalue weighted by atomic mass is 10.2. The summed E-state index contributed by atoms with van der Waals surface area (Å²) in [5.41, 5.74) is 0. The molecule has 3 nitrogen and oxygen atoms in total. The van der Waals surface area contributed by atoms with Crippen LogP contribution < -0.4 is 0 Å². The summed E-state index contributed by atoms with van der Waals surface area (Å²) in [7, 11) is 3.80. The number of hydrogen-bond donors (Lipinski definition) is 0. The minimum Gasteiger partial charge on any atom is -0.385 e. The molecule has 0 aliphatic carbocycles. The maximum Gasteiger partial charge on any atom is 0.129 e. The maximum absolute atomic E-state index is 10.6. The molecule has 0 aliphatic rings. The Morgan fingerprint density at radius 3 is 2.46 bits per heavy atom. The highest BCUT2D eigenvalue weighted by molar-refractivity contribution is 5.75. The van der Waals surface area contributed by atoms with E-state index in [4.69, 9.17) is 4.74 Å². The summed E-state index contributed by atoms with van der Waals surface area (Å²) < 4.78 is 4.95. The van der Waals surface area contributed by atoms with Crippen molar-refractivity contribution in [2.24, 2.45) is 0 Å². The topological polar surface area (TPSA) is 29.5 Å². The number of rotatable bonds is 8. The van der Waals surface area contributed by atoms with Crippen molar-refractivity contribution in [2.75, 3.05) is 33.9 Å². The van der Waals surface area contributed by atoms with Crippen molar-refractivity contribution in [1.82, 2.24) is 4.90 Å². The summed E-state index contributed by atoms with van der Waals surface area (Å²) in [6.07, 6.45) is 2.74. The standard InChI is InChI=1S/C10H21NO2/c1-10(12)6-4-7-11(2)8-5-9-13-3/h4-9H2,1-3H3. The van der Waals surface area contributed by atoms with Crippen LogP contribution in [0.5, 0.6) is 0 Å². The molecule has 0 fully saturated rings. The fourth-order valence-electron chi connectivity index (χ4n) is 1.19. The molecule has 13 heavy (non-hydrogen) atoms. The van der Waals surface area contributed by atoms with Crippen LogP contribution in [0, 0.1) is 0 Å². The third-order valence-corrected chi connectivity index (χ3v) is 1.96. The van der Waals surface area contributed by atoms with Gasteiger partial charge in [0, 0.05) is 26.7 Å². The molecule has 0 unspecified atom stereocenters. The third kappa shape index (κ3) is 9.50. The third-order valence-electron chi connectivity index (χ3n) is 1.96. The largest absolute Gasteiger partial charge is 0.385 e. The van der Waals surface area contributed by atoms with Gasteiger partial charge in [0.05, 0.1) is 0 Å². The van der Waals surface area contributed by atoms with Crippen LogP contribution in [0.3, 0.4) is 0 Å². The van der Waals surface area contributed by atoms with Gasteiger partial charge in [0.25, 0.3) is 0 Å². The van der Waals surface area contributed by atoms with Crippen LogP contribution in [0.15, 0.2) is 0 Å². The molecule has 0 bridgehead atoms. The van der Waals surface area contributed by atoms with Crippen LogP contribution >= 0.6 is 0 Å². The highest BCUT2D eigenvalue weighted by Gasteiger charge is 1.99. The summed E-state index contributed by atoms with van der Waals surface area (Å²) >= 11 is 0. The predicted molar refractivity (Wildman–Crippen MR) is 53.9 cm³/mol. The van der Waals surface area contributed by atoms with Crippen LogP contribution in [0.1, 0.15) is 26.2 Å². The van der Waals surface area contributed by atoms with Gasteiger partial charge in [-0.2, -0.15) is 0 Å². The minimum atomic E-state index is 0.283. The van der Waals surface area contributed by atoms with E-state index in [2.05, 4.69) is 11.9 Å². The minimum absolute atomic E-state index is 0.283. The van der Waals surface area contributed by atoms with Gasteiger partial charge < -0.3 is 14.4 Å². The first-order chi connectivity index (χ1) is 6.16. The van der Waals surface area contributed by atoms with Crippen molar-refractivity contribution in [3.63, 3.8) is 0 Å². The lowest BCUT2D eigenvalue weighted by molar-refractivity contribution is -0.117. The molecule has 78 valence electrons. The Labute approximate surface area is 81.1 Å². The molecule has 0 aromatic heterocycles. The van der Waals surface area contributed by atoms with Gasteiger partial charge in [-0.05, 0) is 33.4 Å². The van der Waals surface area contributed by atoms with E-state index in [1.54, 1.807) is 14.0 Å². The predicted octanol–water partition coefficient (Wildman–Crippen LogP) is 1.32. The Bertz CT molecular complexity index is 137. The van der Waals surface area contributed by atoms with Gasteiger partial charge in [-0.15, -0.1) is 0 Å². The zero-order chi connectivity index (χ0) is 10.1. The van der Waals surface area contributed by atoms with Gasteiger partial charge >= 0.3 is 0 Å². The van der Waals surface area contributed by atoms with Crippen LogP contribution in [0.2, 0.25) is 0 Å². The zero-order valence-corrected chi connectivity index (χ0v) is 9.01. The van der Waals surface area contributed by atoms with Gasteiger partial charge in [-0.1, -0.05) is 0 Å². The van der Waals surface area contributed by atoms with E-state index in [9.17, 15) is 4.79 Å². The molecule has 0 atom stereocenters. The molecular formula is C10H21NO2. The maximum atomic E-state index is 10.6. The van der Waals surface area contributed by atoms with Gasteiger partial charge in [-0.25, -0.2) is 0 Å². The van der Waals surface area contributed by atoms with Crippen molar-refractivity contribution in [2.45, 2.75) is 26.2 Å². The van der Waals surface area contributed by atoms with Crippen LogP contribution in [0.4, 0.5) is 0 Å². The second kappa shape index (κ2) is 8.20. The Morgan fingerprint density at radius 1 is 1.31 bits per heavy atom. The monoisotopic (exact) mass is 187 g/mol. The molecule has 0 aliphatic heterocycles. The van der Waals surface area contributed by atoms with E-state index >= 15 is 0 Å². The van der Waals surface area contributed by atoms with E-state index in [-0.39, 0.29) is 5.78 Å². The van der Waals surface area contributed by atoms with Crippen LogP contribution in [-0.4, -0.2) is 44.5 Å². The first-order valence-corrected chi connectivity index (χ1v) is 4.83. The van der Waals surface area contributed by atoms with Crippen molar-refractivity contribution in [3.05, 3.63) is 0 Å². The Hall–Kier alpha value is -0.410. The van der Waals surface area contributed by atoms with Crippen molar-refractivity contribution < 1.29 is 9.53 Å². The first kappa shape index (κ1) is 12.6. The van der Waals surface area contributed by atoms with Crippen molar-refractivity contribution in [3.8, 4) is 0 Å². The van der Waals surface area contributed by atoms with Gasteiger partial charge in [0.1, 0.15) is 5.78 Å². The van der Waals surface area contributed by atoms with E-state index in [0.29, 0.717) is 6.42 Å². The first-order valence-electron chi connectivity index (χ1n) is 4.83. The molecule has 0 heterocycles. The lowest BCUT2D eigenvalue weighted by Crippen LogP contribution is -2.22. The number of carbonyl (C=O) groups is 1. The zero-order valence-electron chi connectivity index (χ0n) is 9.01. The summed E-state index contributed by atoms with van der Waals surface area (Å²) in [4.78, 5) is 12.9. The number of nitrogens with zero attached hydrogens (tertiary/aromatic N) is 1.